The number of methoxy groups -OCH3 is 2. The molecule has 3 aromatic rings. The summed E-state index contributed by atoms with van der Waals surface area (Å²) in [5, 5.41) is 4.75. The Morgan fingerprint density at radius 2 is 1.92 bits per heavy atom. The fraction of sp³-hybridized carbons (Fsp3) is 0.280. The fourth-order valence-electron chi connectivity index (χ4n) is 4.13. The van der Waals surface area contributed by atoms with Gasteiger partial charge in [-0.25, -0.2) is 13.8 Å². The van der Waals surface area contributed by atoms with Gasteiger partial charge in [-0.1, -0.05) is 12.5 Å². The van der Waals surface area contributed by atoms with E-state index < -0.39 is 18.3 Å². The minimum Gasteiger partial charge on any atom is -0.497 e. The third kappa shape index (κ3) is 4.57. The van der Waals surface area contributed by atoms with Crippen LogP contribution in [0.2, 0.25) is 0 Å². The van der Waals surface area contributed by atoms with Crippen LogP contribution in [0.15, 0.2) is 37.1 Å². The van der Waals surface area contributed by atoms with Crippen LogP contribution in [-0.2, 0) is 4.79 Å². The van der Waals surface area contributed by atoms with Gasteiger partial charge in [0.2, 0.25) is 11.7 Å². The number of rotatable bonds is 6. The van der Waals surface area contributed by atoms with Crippen molar-refractivity contribution >= 4 is 28.4 Å². The number of anilines is 1. The Hall–Kier alpha value is -4.46. The molecule has 36 heavy (non-hydrogen) atoms. The first kappa shape index (κ1) is 24.7. The highest BCUT2D eigenvalue weighted by Gasteiger charge is 2.32. The Bertz CT molecular complexity index is 1400. The summed E-state index contributed by atoms with van der Waals surface area (Å²) in [4.78, 5) is 30.0. The number of hydrogen-bond donors (Lipinski definition) is 1. The monoisotopic (exact) mass is 495 g/mol. The highest BCUT2D eigenvalue weighted by atomic mass is 19.3. The van der Waals surface area contributed by atoms with Gasteiger partial charge >= 0.3 is 6.43 Å². The number of carbonyl (C=O) groups excluding carboxylic acids is 2. The van der Waals surface area contributed by atoms with Gasteiger partial charge in [-0.2, -0.15) is 5.10 Å². The molecule has 0 radical (unpaired) electrons. The second-order valence-corrected chi connectivity index (χ2v) is 8.02. The summed E-state index contributed by atoms with van der Waals surface area (Å²) in [5.41, 5.74) is 6.63. The molecule has 1 atom stereocenters. The number of amides is 1. The van der Waals surface area contributed by atoms with Crippen molar-refractivity contribution < 1.29 is 27.8 Å². The zero-order valence-corrected chi connectivity index (χ0v) is 19.6. The number of Topliss-reactive ketones (excluding diaryl/α,β-unsaturated/α-hetero) is 1. The van der Waals surface area contributed by atoms with Gasteiger partial charge in [0.05, 0.1) is 36.7 Å². The number of fused-ring (bicyclic) bond motifs is 1. The van der Waals surface area contributed by atoms with Crippen LogP contribution in [0.4, 0.5) is 14.6 Å². The zero-order valence-electron chi connectivity index (χ0n) is 19.6. The Morgan fingerprint density at radius 3 is 2.53 bits per heavy atom. The number of ether oxygens (including phenoxy) is 2. The predicted octanol–water partition coefficient (Wildman–Crippen LogP) is 2.84. The molecule has 2 aromatic heterocycles. The van der Waals surface area contributed by atoms with Crippen molar-refractivity contribution in [2.75, 3.05) is 33.0 Å². The number of nitrogen functional groups attached to an aromatic ring is 1. The van der Waals surface area contributed by atoms with Crippen LogP contribution in [0.25, 0.3) is 10.9 Å². The van der Waals surface area contributed by atoms with E-state index in [0.717, 1.165) is 6.20 Å². The first-order valence-corrected chi connectivity index (χ1v) is 10.9. The lowest BCUT2D eigenvalue weighted by molar-refractivity contribution is -0.125. The minimum absolute atomic E-state index is 0.00777. The highest BCUT2D eigenvalue weighted by molar-refractivity contribution is 6.11. The first-order chi connectivity index (χ1) is 17.3. The number of pyridine rings is 1. The highest BCUT2D eigenvalue weighted by Crippen LogP contribution is 2.33. The number of benzene rings is 1. The largest absolute Gasteiger partial charge is 0.497 e. The summed E-state index contributed by atoms with van der Waals surface area (Å²) in [7, 11) is 3.02. The van der Waals surface area contributed by atoms with E-state index in [1.54, 1.807) is 23.1 Å². The van der Waals surface area contributed by atoms with Gasteiger partial charge in [-0.05, 0) is 30.6 Å². The maximum absolute atomic E-state index is 13.4. The molecule has 1 aromatic carbocycles. The normalized spacial score (nSPS) is 15.0. The molecule has 1 unspecified atom stereocenters. The summed E-state index contributed by atoms with van der Waals surface area (Å²) < 4.78 is 38.9. The van der Waals surface area contributed by atoms with Gasteiger partial charge in [0, 0.05) is 30.9 Å². The van der Waals surface area contributed by atoms with Crippen LogP contribution in [0.1, 0.15) is 34.1 Å². The Morgan fingerprint density at radius 1 is 1.22 bits per heavy atom. The molecular weight excluding hydrogens is 472 g/mol. The molecule has 1 aliphatic heterocycles. The van der Waals surface area contributed by atoms with Crippen molar-refractivity contribution in [3.8, 4) is 23.3 Å². The van der Waals surface area contributed by atoms with E-state index in [0.29, 0.717) is 30.0 Å². The van der Waals surface area contributed by atoms with Crippen LogP contribution in [0.3, 0.4) is 0 Å². The van der Waals surface area contributed by atoms with E-state index in [1.165, 1.54) is 25.0 Å². The first-order valence-electron chi connectivity index (χ1n) is 10.9. The van der Waals surface area contributed by atoms with E-state index in [1.807, 2.05) is 0 Å². The lowest BCUT2D eigenvalue weighted by Crippen LogP contribution is -2.27. The fourth-order valence-corrected chi connectivity index (χ4v) is 4.13. The molecular formula is C25H23F2N5O4. The topological polar surface area (TPSA) is 113 Å². The maximum Gasteiger partial charge on any atom is 0.300 e. The molecule has 4 rings (SSSR count). The van der Waals surface area contributed by atoms with Crippen molar-refractivity contribution in [1.82, 2.24) is 19.7 Å². The number of aromatic nitrogens is 3. The lowest BCUT2D eigenvalue weighted by Gasteiger charge is -2.16. The minimum atomic E-state index is -3.25. The SMILES string of the molecule is C=CC(=O)N1CCC(n2nc(C#Cc3cc(OC)cc(OC)c3)c3c(N)ncc(C(=O)C(F)F)c32)C1. The van der Waals surface area contributed by atoms with E-state index in [2.05, 4.69) is 28.5 Å². The molecule has 1 aliphatic rings. The molecule has 186 valence electrons. The third-order valence-corrected chi connectivity index (χ3v) is 5.89. The molecule has 0 bridgehead atoms. The number of halogens is 2. The summed E-state index contributed by atoms with van der Waals surface area (Å²) in [6, 6.07) is 4.68. The van der Waals surface area contributed by atoms with Gasteiger partial charge in [0.1, 0.15) is 23.0 Å². The number of carbonyl (C=O) groups is 2. The van der Waals surface area contributed by atoms with E-state index >= 15 is 0 Å². The number of alkyl halides is 2. The summed E-state index contributed by atoms with van der Waals surface area (Å²) in [5.74, 6) is 5.27. The van der Waals surface area contributed by atoms with E-state index in [4.69, 9.17) is 15.2 Å². The number of likely N-dealkylation sites (tertiary alicyclic amines) is 1. The molecule has 2 N–H and O–H groups in total. The van der Waals surface area contributed by atoms with Crippen molar-refractivity contribution in [3.05, 3.63) is 53.9 Å². The number of nitrogens with two attached hydrogens (primary N) is 1. The van der Waals surface area contributed by atoms with E-state index in [-0.39, 0.29) is 40.4 Å². The number of hydrogen-bond acceptors (Lipinski definition) is 7. The Labute approximate surface area is 205 Å². The maximum atomic E-state index is 13.4. The molecule has 11 heteroatoms. The second kappa shape index (κ2) is 10.0. The van der Waals surface area contributed by atoms with Crippen molar-refractivity contribution in [1.29, 1.82) is 0 Å². The molecule has 0 aliphatic carbocycles. The zero-order chi connectivity index (χ0) is 26.0. The molecule has 9 nitrogen and oxygen atoms in total. The van der Waals surface area contributed by atoms with Gasteiger partial charge < -0.3 is 20.1 Å². The van der Waals surface area contributed by atoms with Crippen LogP contribution in [0, 0.1) is 11.8 Å². The lowest BCUT2D eigenvalue weighted by atomic mass is 10.1. The Balaban J connectivity index is 1.89. The van der Waals surface area contributed by atoms with Crippen LogP contribution < -0.4 is 15.2 Å². The van der Waals surface area contributed by atoms with Crippen LogP contribution in [0.5, 0.6) is 11.5 Å². The Kier molecular flexibility index (Phi) is 6.87. The molecule has 0 saturated carbocycles. The van der Waals surface area contributed by atoms with E-state index in [9.17, 15) is 18.4 Å². The molecule has 1 saturated heterocycles. The molecule has 1 amide bonds. The van der Waals surface area contributed by atoms with Crippen LogP contribution >= 0.6 is 0 Å². The van der Waals surface area contributed by atoms with Gasteiger partial charge in [0.15, 0.2) is 0 Å². The van der Waals surface area contributed by atoms with Crippen molar-refractivity contribution in [3.63, 3.8) is 0 Å². The standard InChI is InChI=1S/C25H23F2N5O4/c1-4-20(33)31-8-7-15(13-31)32-22-18(23(34)24(26)27)12-29-25(28)21(22)19(30-32)6-5-14-9-16(35-2)11-17(10-14)36-3/h4,9-12,15,24H,1,7-8,13H2,2-3H3,(H2,28,29). The molecule has 3 heterocycles. The smallest absolute Gasteiger partial charge is 0.300 e. The molecule has 1 fully saturated rings. The predicted molar refractivity (Wildman–Crippen MR) is 128 cm³/mol. The number of nitrogens with zero attached hydrogens (tertiary/aromatic N) is 4. The average Bonchev–Trinajstić information content (AvgIpc) is 3.52. The van der Waals surface area contributed by atoms with Crippen molar-refractivity contribution in [2.24, 2.45) is 0 Å². The summed E-state index contributed by atoms with van der Waals surface area (Å²) >= 11 is 0. The third-order valence-electron chi connectivity index (χ3n) is 5.89. The summed E-state index contributed by atoms with van der Waals surface area (Å²) in [6.45, 7) is 4.17. The average molecular weight is 495 g/mol. The van der Waals surface area contributed by atoms with Gasteiger partial charge in [-0.15, -0.1) is 0 Å². The molecule has 0 spiro atoms. The second-order valence-electron chi connectivity index (χ2n) is 8.02. The van der Waals surface area contributed by atoms with Gasteiger partial charge in [-0.3, -0.25) is 14.3 Å². The number of ketones is 1. The summed E-state index contributed by atoms with van der Waals surface area (Å²) in [6.07, 6.45) is -0.531. The van der Waals surface area contributed by atoms with Crippen molar-refractivity contribution in [2.45, 2.75) is 18.9 Å². The van der Waals surface area contributed by atoms with Gasteiger partial charge in [0.25, 0.3) is 0 Å². The van der Waals surface area contributed by atoms with Crippen LogP contribution in [-0.4, -0.2) is 65.1 Å². The quantitative estimate of drug-likeness (QED) is 0.318.